The van der Waals surface area contributed by atoms with Gasteiger partial charge in [-0.05, 0) is 36.2 Å². The fraction of sp³-hybridized carbons (Fsp3) is 0.429. The molecule has 0 bridgehead atoms. The lowest BCUT2D eigenvalue weighted by molar-refractivity contribution is 0.0794. The average molecular weight is 342 g/mol. The summed E-state index contributed by atoms with van der Waals surface area (Å²) in [5.74, 6) is 0.519. The Morgan fingerprint density at radius 1 is 0.920 bits per heavy atom. The summed E-state index contributed by atoms with van der Waals surface area (Å²) in [6.45, 7) is 8.39. The van der Waals surface area contributed by atoms with Gasteiger partial charge >= 0.3 is 0 Å². The molecule has 2 aromatic carbocycles. The van der Waals surface area contributed by atoms with Crippen LogP contribution in [0.15, 0.2) is 54.6 Å². The predicted octanol–water partition coefficient (Wildman–Crippen LogP) is 3.80. The minimum absolute atomic E-state index is 0.145. The van der Waals surface area contributed by atoms with Crippen molar-refractivity contribution in [2.24, 2.45) is 0 Å². The quantitative estimate of drug-likeness (QED) is 0.761. The molecule has 4 heteroatoms. The molecular formula is C21H27FN2O. The van der Waals surface area contributed by atoms with Crippen molar-refractivity contribution in [3.8, 4) is 5.75 Å². The van der Waals surface area contributed by atoms with Gasteiger partial charge in [0.15, 0.2) is 0 Å². The Morgan fingerprint density at radius 3 is 2.20 bits per heavy atom. The van der Waals surface area contributed by atoms with Gasteiger partial charge in [0, 0.05) is 39.3 Å². The van der Waals surface area contributed by atoms with Crippen LogP contribution >= 0.6 is 0 Å². The Bertz CT molecular complexity index is 624. The minimum atomic E-state index is -0.227. The number of hydrogen-bond acceptors (Lipinski definition) is 3. The Balaban J connectivity index is 1.44. The van der Waals surface area contributed by atoms with E-state index >= 15 is 0 Å². The first-order valence-corrected chi connectivity index (χ1v) is 9.14. The van der Waals surface area contributed by atoms with Crippen LogP contribution in [0.1, 0.15) is 18.9 Å². The highest BCUT2D eigenvalue weighted by Gasteiger charge is 2.20. The van der Waals surface area contributed by atoms with E-state index in [4.69, 9.17) is 4.74 Å². The molecule has 1 heterocycles. The third-order valence-electron chi connectivity index (χ3n) is 4.75. The number of rotatable bonds is 7. The second-order valence-electron chi connectivity index (χ2n) is 6.66. The number of benzene rings is 2. The summed E-state index contributed by atoms with van der Waals surface area (Å²) in [4.78, 5) is 4.98. The number of halogens is 1. The zero-order chi connectivity index (χ0) is 17.5. The molecule has 1 fully saturated rings. The lowest BCUT2D eigenvalue weighted by atomic mass is 10.2. The molecule has 0 radical (unpaired) electrons. The van der Waals surface area contributed by atoms with Crippen LogP contribution in [0.4, 0.5) is 4.39 Å². The van der Waals surface area contributed by atoms with Crippen LogP contribution in [0.25, 0.3) is 0 Å². The molecule has 1 atom stereocenters. The van der Waals surface area contributed by atoms with E-state index in [2.05, 4.69) is 47.1 Å². The minimum Gasteiger partial charge on any atom is -0.489 e. The van der Waals surface area contributed by atoms with Gasteiger partial charge in [-0.25, -0.2) is 4.39 Å². The topological polar surface area (TPSA) is 15.7 Å². The fourth-order valence-corrected chi connectivity index (χ4v) is 3.21. The van der Waals surface area contributed by atoms with Gasteiger partial charge in [0.2, 0.25) is 0 Å². The van der Waals surface area contributed by atoms with Crippen molar-refractivity contribution in [3.63, 3.8) is 0 Å². The van der Waals surface area contributed by atoms with Crippen molar-refractivity contribution in [2.45, 2.75) is 26.0 Å². The first-order valence-electron chi connectivity index (χ1n) is 9.14. The summed E-state index contributed by atoms with van der Waals surface area (Å²) >= 11 is 0. The third kappa shape index (κ3) is 5.55. The van der Waals surface area contributed by atoms with Crippen LogP contribution in [0.2, 0.25) is 0 Å². The highest BCUT2D eigenvalue weighted by atomic mass is 19.1. The van der Waals surface area contributed by atoms with Crippen LogP contribution in [0.5, 0.6) is 5.75 Å². The second-order valence-corrected chi connectivity index (χ2v) is 6.66. The van der Waals surface area contributed by atoms with Gasteiger partial charge in [-0.1, -0.05) is 37.3 Å². The van der Waals surface area contributed by atoms with E-state index in [-0.39, 0.29) is 11.9 Å². The monoisotopic (exact) mass is 342 g/mol. The Hall–Kier alpha value is -1.91. The predicted molar refractivity (Wildman–Crippen MR) is 99.3 cm³/mol. The van der Waals surface area contributed by atoms with Gasteiger partial charge in [0.1, 0.15) is 17.7 Å². The highest BCUT2D eigenvalue weighted by Crippen LogP contribution is 2.16. The molecule has 134 valence electrons. The maximum absolute atomic E-state index is 13.0. The smallest absolute Gasteiger partial charge is 0.123 e. The summed E-state index contributed by atoms with van der Waals surface area (Å²) in [6.07, 6.45) is 1.09. The first kappa shape index (κ1) is 17.9. The van der Waals surface area contributed by atoms with E-state index in [0.717, 1.165) is 51.4 Å². The number of hydrogen-bond donors (Lipinski definition) is 0. The highest BCUT2D eigenvalue weighted by molar-refractivity contribution is 5.22. The average Bonchev–Trinajstić information content (AvgIpc) is 2.65. The molecule has 1 unspecified atom stereocenters. The van der Waals surface area contributed by atoms with E-state index in [1.165, 1.54) is 17.7 Å². The van der Waals surface area contributed by atoms with Crippen molar-refractivity contribution in [3.05, 3.63) is 66.0 Å². The van der Waals surface area contributed by atoms with E-state index in [9.17, 15) is 4.39 Å². The SMILES string of the molecule is CCC(CN1CCN(Cc2ccccc2)CC1)Oc1ccc(F)cc1. The molecule has 1 aliphatic rings. The van der Waals surface area contributed by atoms with Gasteiger partial charge in [0.05, 0.1) is 0 Å². The zero-order valence-electron chi connectivity index (χ0n) is 14.9. The molecule has 25 heavy (non-hydrogen) atoms. The Kier molecular flexibility index (Phi) is 6.42. The molecule has 0 N–H and O–H groups in total. The molecule has 0 saturated carbocycles. The lowest BCUT2D eigenvalue weighted by Crippen LogP contribution is -2.48. The van der Waals surface area contributed by atoms with E-state index in [0.29, 0.717) is 0 Å². The number of ether oxygens (including phenoxy) is 1. The number of nitrogens with zero attached hydrogens (tertiary/aromatic N) is 2. The van der Waals surface area contributed by atoms with Crippen LogP contribution < -0.4 is 4.74 Å². The molecule has 2 aromatic rings. The second kappa shape index (κ2) is 8.97. The molecule has 1 saturated heterocycles. The van der Waals surface area contributed by atoms with Crippen molar-refractivity contribution < 1.29 is 9.13 Å². The summed E-state index contributed by atoms with van der Waals surface area (Å²) in [5.41, 5.74) is 1.38. The van der Waals surface area contributed by atoms with E-state index in [1.807, 2.05) is 0 Å². The van der Waals surface area contributed by atoms with Gasteiger partial charge in [-0.3, -0.25) is 9.80 Å². The summed E-state index contributed by atoms with van der Waals surface area (Å²) in [5, 5.41) is 0. The first-order chi connectivity index (χ1) is 12.2. The van der Waals surface area contributed by atoms with Crippen molar-refractivity contribution in [2.75, 3.05) is 32.7 Å². The van der Waals surface area contributed by atoms with E-state index in [1.54, 1.807) is 12.1 Å². The maximum atomic E-state index is 13.0. The van der Waals surface area contributed by atoms with Gasteiger partial charge in [-0.2, -0.15) is 0 Å². The molecule has 3 rings (SSSR count). The molecule has 1 aliphatic heterocycles. The van der Waals surface area contributed by atoms with Crippen molar-refractivity contribution in [1.29, 1.82) is 0 Å². The normalized spacial score (nSPS) is 17.4. The van der Waals surface area contributed by atoms with Crippen LogP contribution in [-0.4, -0.2) is 48.6 Å². The Labute approximate surface area is 150 Å². The number of piperazine rings is 1. The molecule has 0 amide bonds. The fourth-order valence-electron chi connectivity index (χ4n) is 3.21. The van der Waals surface area contributed by atoms with Crippen LogP contribution in [0, 0.1) is 5.82 Å². The molecule has 3 nitrogen and oxygen atoms in total. The Morgan fingerprint density at radius 2 is 1.56 bits per heavy atom. The third-order valence-corrected chi connectivity index (χ3v) is 4.75. The van der Waals surface area contributed by atoms with Crippen molar-refractivity contribution >= 4 is 0 Å². The maximum Gasteiger partial charge on any atom is 0.123 e. The molecule has 0 aliphatic carbocycles. The summed E-state index contributed by atoms with van der Waals surface area (Å²) in [6, 6.07) is 17.0. The van der Waals surface area contributed by atoms with Crippen LogP contribution in [0.3, 0.4) is 0 Å². The van der Waals surface area contributed by atoms with Crippen LogP contribution in [-0.2, 0) is 6.54 Å². The lowest BCUT2D eigenvalue weighted by Gasteiger charge is -2.36. The van der Waals surface area contributed by atoms with Gasteiger partial charge < -0.3 is 4.74 Å². The van der Waals surface area contributed by atoms with Gasteiger partial charge in [-0.15, -0.1) is 0 Å². The molecule has 0 aromatic heterocycles. The van der Waals surface area contributed by atoms with E-state index < -0.39 is 0 Å². The molecular weight excluding hydrogens is 315 g/mol. The standard InChI is InChI=1S/C21H27FN2O/c1-2-20(25-21-10-8-19(22)9-11-21)17-24-14-12-23(13-15-24)16-18-6-4-3-5-7-18/h3-11,20H,2,12-17H2,1H3. The largest absolute Gasteiger partial charge is 0.489 e. The van der Waals surface area contributed by atoms with Gasteiger partial charge in [0.25, 0.3) is 0 Å². The summed E-state index contributed by atoms with van der Waals surface area (Å²) < 4.78 is 19.0. The zero-order valence-corrected chi connectivity index (χ0v) is 14.9. The summed E-state index contributed by atoms with van der Waals surface area (Å²) in [7, 11) is 0. The van der Waals surface area contributed by atoms with Crippen molar-refractivity contribution in [1.82, 2.24) is 9.80 Å². The molecule has 0 spiro atoms.